The van der Waals surface area contributed by atoms with Crippen molar-refractivity contribution < 1.29 is 0 Å². The number of nitrogens with zero attached hydrogens (tertiary/aromatic N) is 1. The summed E-state index contributed by atoms with van der Waals surface area (Å²) in [6.07, 6.45) is 1.36. The highest BCUT2D eigenvalue weighted by Gasteiger charge is 2.05. The maximum absolute atomic E-state index is 11.3. The SMILES string of the molecule is O=c1[nH]cnc(Nc2cccc(I)c2)c1Br. The fourth-order valence-corrected chi connectivity index (χ4v) is 2.03. The molecule has 2 aromatic rings. The van der Waals surface area contributed by atoms with Crippen molar-refractivity contribution in [2.45, 2.75) is 0 Å². The minimum Gasteiger partial charge on any atom is -0.339 e. The van der Waals surface area contributed by atoms with E-state index in [-0.39, 0.29) is 5.56 Å². The minimum atomic E-state index is -0.205. The fraction of sp³-hybridized carbons (Fsp3) is 0. The number of halogens is 2. The summed E-state index contributed by atoms with van der Waals surface area (Å²) < 4.78 is 1.51. The average molecular weight is 392 g/mol. The van der Waals surface area contributed by atoms with Crippen molar-refractivity contribution in [1.29, 1.82) is 0 Å². The Labute approximate surface area is 114 Å². The van der Waals surface area contributed by atoms with Crippen molar-refractivity contribution in [3.05, 3.63) is 49.0 Å². The smallest absolute Gasteiger partial charge is 0.267 e. The number of H-pyrrole nitrogens is 1. The molecule has 0 atom stereocenters. The highest BCUT2D eigenvalue weighted by Crippen LogP contribution is 2.20. The summed E-state index contributed by atoms with van der Waals surface area (Å²) in [6.45, 7) is 0. The number of aromatic nitrogens is 2. The first-order valence-corrected chi connectivity index (χ1v) is 6.30. The highest BCUT2D eigenvalue weighted by atomic mass is 127. The van der Waals surface area contributed by atoms with E-state index in [1.165, 1.54) is 6.33 Å². The Morgan fingerprint density at radius 3 is 3.00 bits per heavy atom. The summed E-state index contributed by atoms with van der Waals surface area (Å²) in [4.78, 5) is 17.8. The van der Waals surface area contributed by atoms with Crippen LogP contribution in [0.3, 0.4) is 0 Å². The molecular weight excluding hydrogens is 385 g/mol. The maximum atomic E-state index is 11.3. The van der Waals surface area contributed by atoms with Gasteiger partial charge in [0.15, 0.2) is 5.82 Å². The molecule has 82 valence electrons. The molecule has 0 saturated heterocycles. The van der Waals surface area contributed by atoms with Gasteiger partial charge in [-0.05, 0) is 56.7 Å². The first kappa shape index (κ1) is 11.6. The Morgan fingerprint density at radius 2 is 2.25 bits per heavy atom. The second kappa shape index (κ2) is 4.96. The largest absolute Gasteiger partial charge is 0.339 e. The minimum absolute atomic E-state index is 0.205. The van der Waals surface area contributed by atoms with Gasteiger partial charge in [0, 0.05) is 9.26 Å². The van der Waals surface area contributed by atoms with Crippen LogP contribution in [0, 0.1) is 3.57 Å². The fourth-order valence-electron chi connectivity index (χ4n) is 1.17. The Kier molecular flexibility index (Phi) is 3.59. The van der Waals surface area contributed by atoms with E-state index in [0.29, 0.717) is 10.3 Å². The molecule has 1 aromatic carbocycles. The molecule has 0 amide bonds. The quantitative estimate of drug-likeness (QED) is 0.774. The van der Waals surface area contributed by atoms with E-state index in [4.69, 9.17) is 0 Å². The second-order valence-corrected chi connectivity index (χ2v) is 5.07. The van der Waals surface area contributed by atoms with Crippen LogP contribution >= 0.6 is 38.5 Å². The molecule has 0 spiro atoms. The van der Waals surface area contributed by atoms with Crippen LogP contribution in [-0.2, 0) is 0 Å². The first-order chi connectivity index (χ1) is 7.66. The van der Waals surface area contributed by atoms with E-state index in [0.717, 1.165) is 9.26 Å². The van der Waals surface area contributed by atoms with Gasteiger partial charge in [0.25, 0.3) is 5.56 Å². The predicted octanol–water partition coefficient (Wildman–Crippen LogP) is 2.88. The summed E-state index contributed by atoms with van der Waals surface area (Å²) in [5, 5.41) is 3.07. The Hall–Kier alpha value is -0.890. The molecule has 1 heterocycles. The van der Waals surface area contributed by atoms with E-state index < -0.39 is 0 Å². The lowest BCUT2D eigenvalue weighted by Gasteiger charge is -2.06. The van der Waals surface area contributed by atoms with E-state index >= 15 is 0 Å². The molecule has 6 heteroatoms. The number of anilines is 2. The van der Waals surface area contributed by atoms with Gasteiger partial charge in [-0.15, -0.1) is 0 Å². The van der Waals surface area contributed by atoms with E-state index in [1.807, 2.05) is 24.3 Å². The maximum Gasteiger partial charge on any atom is 0.267 e. The predicted molar refractivity (Wildman–Crippen MR) is 75.0 cm³/mol. The summed E-state index contributed by atoms with van der Waals surface area (Å²) in [5.41, 5.74) is 0.689. The molecule has 4 nitrogen and oxygen atoms in total. The van der Waals surface area contributed by atoms with Gasteiger partial charge in [0.05, 0.1) is 6.33 Å². The summed E-state index contributed by atoms with van der Waals surface area (Å²) in [6, 6.07) is 7.81. The standard InChI is InChI=1S/C10H7BrIN3O/c11-8-9(13-5-14-10(8)16)15-7-3-1-2-6(12)4-7/h1-5H,(H2,13,14,15,16). The molecule has 2 rings (SSSR count). The zero-order valence-corrected chi connectivity index (χ0v) is 11.7. The molecule has 0 saturated carbocycles. The van der Waals surface area contributed by atoms with Crippen molar-refractivity contribution in [2.75, 3.05) is 5.32 Å². The topological polar surface area (TPSA) is 57.8 Å². The molecule has 0 aliphatic rings. The number of benzene rings is 1. The van der Waals surface area contributed by atoms with Crippen LogP contribution in [-0.4, -0.2) is 9.97 Å². The second-order valence-electron chi connectivity index (χ2n) is 3.03. The number of hydrogen-bond acceptors (Lipinski definition) is 3. The van der Waals surface area contributed by atoms with Crippen molar-refractivity contribution >= 4 is 50.0 Å². The lowest BCUT2D eigenvalue weighted by atomic mass is 10.3. The highest BCUT2D eigenvalue weighted by molar-refractivity contribution is 14.1. The van der Waals surface area contributed by atoms with Gasteiger partial charge in [-0.1, -0.05) is 6.07 Å². The Morgan fingerprint density at radius 1 is 1.44 bits per heavy atom. The van der Waals surface area contributed by atoms with Gasteiger partial charge >= 0.3 is 0 Å². The van der Waals surface area contributed by atoms with Gasteiger partial charge in [-0.3, -0.25) is 4.79 Å². The van der Waals surface area contributed by atoms with E-state index in [1.54, 1.807) is 0 Å². The molecule has 1 aromatic heterocycles. The lowest BCUT2D eigenvalue weighted by Crippen LogP contribution is -2.09. The van der Waals surface area contributed by atoms with Crippen molar-refractivity contribution in [3.63, 3.8) is 0 Å². The lowest BCUT2D eigenvalue weighted by molar-refractivity contribution is 1.10. The number of rotatable bonds is 2. The van der Waals surface area contributed by atoms with Crippen LogP contribution in [0.25, 0.3) is 0 Å². The molecular formula is C10H7BrIN3O. The summed E-state index contributed by atoms with van der Waals surface area (Å²) >= 11 is 5.41. The molecule has 0 radical (unpaired) electrons. The molecule has 0 bridgehead atoms. The van der Waals surface area contributed by atoms with Gasteiger partial charge in [-0.2, -0.15) is 0 Å². The van der Waals surface area contributed by atoms with Crippen LogP contribution < -0.4 is 10.9 Å². The normalized spacial score (nSPS) is 10.1. The van der Waals surface area contributed by atoms with Crippen LogP contribution in [0.5, 0.6) is 0 Å². The van der Waals surface area contributed by atoms with Crippen LogP contribution in [0.4, 0.5) is 11.5 Å². The molecule has 0 fully saturated rings. The average Bonchev–Trinajstić information content (AvgIpc) is 2.25. The van der Waals surface area contributed by atoms with Gasteiger partial charge in [0.1, 0.15) is 4.47 Å². The summed E-state index contributed by atoms with van der Waals surface area (Å²) in [5.74, 6) is 0.505. The van der Waals surface area contributed by atoms with Crippen molar-refractivity contribution in [1.82, 2.24) is 9.97 Å². The van der Waals surface area contributed by atoms with Crippen LogP contribution in [0.1, 0.15) is 0 Å². The third-order valence-corrected chi connectivity index (χ3v) is 3.29. The Balaban J connectivity index is 2.34. The monoisotopic (exact) mass is 391 g/mol. The van der Waals surface area contributed by atoms with Crippen LogP contribution in [0.2, 0.25) is 0 Å². The molecule has 0 unspecified atom stereocenters. The van der Waals surface area contributed by atoms with E-state index in [9.17, 15) is 4.79 Å². The zero-order chi connectivity index (χ0) is 11.5. The molecule has 0 aliphatic carbocycles. The van der Waals surface area contributed by atoms with Crippen molar-refractivity contribution in [3.8, 4) is 0 Å². The van der Waals surface area contributed by atoms with Crippen molar-refractivity contribution in [2.24, 2.45) is 0 Å². The molecule has 2 N–H and O–H groups in total. The van der Waals surface area contributed by atoms with Gasteiger partial charge in [0.2, 0.25) is 0 Å². The number of aromatic amines is 1. The van der Waals surface area contributed by atoms with Crippen LogP contribution in [0.15, 0.2) is 39.9 Å². The number of hydrogen-bond donors (Lipinski definition) is 2. The molecule has 16 heavy (non-hydrogen) atoms. The van der Waals surface area contributed by atoms with Gasteiger partial charge in [-0.25, -0.2) is 4.98 Å². The molecule has 0 aliphatic heterocycles. The third-order valence-electron chi connectivity index (χ3n) is 1.88. The van der Waals surface area contributed by atoms with E-state index in [2.05, 4.69) is 53.8 Å². The van der Waals surface area contributed by atoms with Gasteiger partial charge < -0.3 is 10.3 Å². The first-order valence-electron chi connectivity index (χ1n) is 4.42. The summed E-state index contributed by atoms with van der Waals surface area (Å²) in [7, 11) is 0. The Bertz CT molecular complexity index is 570. The zero-order valence-electron chi connectivity index (χ0n) is 8.00. The third kappa shape index (κ3) is 2.62. The number of nitrogens with one attached hydrogen (secondary N) is 2.